The van der Waals surface area contributed by atoms with Gasteiger partial charge in [-0.1, -0.05) is 33.1 Å². The molecule has 0 radical (unpaired) electrons. The maximum Gasteiger partial charge on any atom is 0.306 e. The molecule has 0 saturated carbocycles. The minimum Gasteiger partial charge on any atom is -0.462 e. The Balaban J connectivity index is 2.11. The maximum atomic E-state index is 10.9. The highest BCUT2D eigenvalue weighted by Gasteiger charge is 2.30. The lowest BCUT2D eigenvalue weighted by Gasteiger charge is -2.12. The quantitative estimate of drug-likeness (QED) is 0.485. The lowest BCUT2D eigenvalue weighted by molar-refractivity contribution is -0.141. The van der Waals surface area contributed by atoms with Gasteiger partial charge in [0.2, 0.25) is 0 Å². The predicted molar refractivity (Wildman–Crippen MR) is 52.4 cm³/mol. The third-order valence-corrected chi connectivity index (χ3v) is 2.75. The number of hydrogen-bond donors (Lipinski definition) is 0. The Hall–Kier alpha value is -0.530. The van der Waals surface area contributed by atoms with Gasteiger partial charge in [-0.25, -0.2) is 0 Å². The lowest BCUT2D eigenvalue weighted by Crippen LogP contribution is -2.12. The van der Waals surface area contributed by atoms with E-state index in [4.69, 9.17) is 4.74 Å². The topological polar surface area (TPSA) is 26.3 Å². The Morgan fingerprint density at radius 3 is 2.69 bits per heavy atom. The van der Waals surface area contributed by atoms with Gasteiger partial charge in [0.25, 0.3) is 0 Å². The summed E-state index contributed by atoms with van der Waals surface area (Å²) in [4.78, 5) is 10.9. The lowest BCUT2D eigenvalue weighted by atomic mass is 9.98. The summed E-state index contributed by atoms with van der Waals surface area (Å²) in [6.07, 6.45) is 6.94. The van der Waals surface area contributed by atoms with Crippen LogP contribution in [0.2, 0.25) is 0 Å². The number of ether oxygens (including phenoxy) is 1. The normalized spacial score (nSPS) is 27.7. The van der Waals surface area contributed by atoms with Crippen molar-refractivity contribution >= 4 is 5.97 Å². The van der Waals surface area contributed by atoms with Crippen molar-refractivity contribution in [2.24, 2.45) is 5.92 Å². The molecule has 2 nitrogen and oxygen atoms in total. The summed E-state index contributed by atoms with van der Waals surface area (Å²) in [7, 11) is 0. The van der Waals surface area contributed by atoms with E-state index in [9.17, 15) is 4.79 Å². The van der Waals surface area contributed by atoms with Crippen LogP contribution >= 0.6 is 0 Å². The van der Waals surface area contributed by atoms with E-state index in [-0.39, 0.29) is 12.1 Å². The van der Waals surface area contributed by atoms with E-state index in [1.807, 2.05) is 0 Å². The number of rotatable bonds is 5. The van der Waals surface area contributed by atoms with E-state index in [1.54, 1.807) is 0 Å². The molecule has 1 aliphatic heterocycles. The van der Waals surface area contributed by atoms with Crippen molar-refractivity contribution in [3.05, 3.63) is 0 Å². The fraction of sp³-hybridized carbons (Fsp3) is 0.909. The van der Waals surface area contributed by atoms with Crippen LogP contribution in [0.25, 0.3) is 0 Å². The summed E-state index contributed by atoms with van der Waals surface area (Å²) in [5, 5.41) is 0. The van der Waals surface area contributed by atoms with Crippen LogP contribution < -0.4 is 0 Å². The zero-order chi connectivity index (χ0) is 9.68. The SMILES string of the molecule is CCCCCCC1OC(=O)CC1C. The highest BCUT2D eigenvalue weighted by atomic mass is 16.5. The molecule has 1 saturated heterocycles. The monoisotopic (exact) mass is 184 g/mol. The average molecular weight is 184 g/mol. The van der Waals surface area contributed by atoms with Crippen LogP contribution in [0.5, 0.6) is 0 Å². The van der Waals surface area contributed by atoms with Crippen LogP contribution in [-0.4, -0.2) is 12.1 Å². The number of carbonyl (C=O) groups is 1. The van der Waals surface area contributed by atoms with Gasteiger partial charge < -0.3 is 4.74 Å². The molecule has 2 unspecified atom stereocenters. The molecule has 0 N–H and O–H groups in total. The van der Waals surface area contributed by atoms with Gasteiger partial charge in [0.1, 0.15) is 6.10 Å². The van der Waals surface area contributed by atoms with Crippen LogP contribution in [-0.2, 0) is 9.53 Å². The second kappa shape index (κ2) is 5.25. The summed E-state index contributed by atoms with van der Waals surface area (Å²) in [5.41, 5.74) is 0. The number of unbranched alkanes of at least 4 members (excludes halogenated alkanes) is 3. The van der Waals surface area contributed by atoms with E-state index < -0.39 is 0 Å². The van der Waals surface area contributed by atoms with Crippen LogP contribution in [0, 0.1) is 5.92 Å². The zero-order valence-electron chi connectivity index (χ0n) is 8.71. The summed E-state index contributed by atoms with van der Waals surface area (Å²) >= 11 is 0. The van der Waals surface area contributed by atoms with E-state index in [2.05, 4.69) is 13.8 Å². The average Bonchev–Trinajstić information content (AvgIpc) is 2.39. The Kier molecular flexibility index (Phi) is 4.26. The molecule has 0 bridgehead atoms. The molecule has 1 rings (SSSR count). The maximum absolute atomic E-state index is 10.9. The van der Waals surface area contributed by atoms with Crippen LogP contribution in [0.15, 0.2) is 0 Å². The molecular weight excluding hydrogens is 164 g/mol. The van der Waals surface area contributed by atoms with E-state index >= 15 is 0 Å². The number of esters is 1. The molecule has 2 atom stereocenters. The molecular formula is C11H20O2. The van der Waals surface area contributed by atoms with Crippen molar-refractivity contribution in [3.63, 3.8) is 0 Å². The molecule has 0 amide bonds. The van der Waals surface area contributed by atoms with Gasteiger partial charge in [-0.15, -0.1) is 0 Å². The van der Waals surface area contributed by atoms with Gasteiger partial charge in [0.15, 0.2) is 0 Å². The minimum atomic E-state index is -0.00649. The highest BCUT2D eigenvalue weighted by Crippen LogP contribution is 2.25. The number of cyclic esters (lactones) is 1. The largest absolute Gasteiger partial charge is 0.462 e. The Bertz CT molecular complexity index is 165. The highest BCUT2D eigenvalue weighted by molar-refractivity contribution is 5.71. The first-order valence-corrected chi connectivity index (χ1v) is 5.43. The third kappa shape index (κ3) is 3.37. The zero-order valence-corrected chi connectivity index (χ0v) is 8.71. The van der Waals surface area contributed by atoms with Crippen molar-refractivity contribution in [1.29, 1.82) is 0 Å². The third-order valence-electron chi connectivity index (χ3n) is 2.75. The van der Waals surface area contributed by atoms with Crippen molar-refractivity contribution in [1.82, 2.24) is 0 Å². The molecule has 13 heavy (non-hydrogen) atoms. The van der Waals surface area contributed by atoms with Gasteiger partial charge in [0, 0.05) is 5.92 Å². The van der Waals surface area contributed by atoms with Gasteiger partial charge in [0.05, 0.1) is 6.42 Å². The summed E-state index contributed by atoms with van der Waals surface area (Å²) in [6.45, 7) is 4.31. The summed E-state index contributed by atoms with van der Waals surface area (Å²) in [6, 6.07) is 0. The molecule has 1 heterocycles. The number of hydrogen-bond acceptors (Lipinski definition) is 2. The Morgan fingerprint density at radius 2 is 2.15 bits per heavy atom. The molecule has 76 valence electrons. The fourth-order valence-electron chi connectivity index (χ4n) is 1.84. The first-order chi connectivity index (χ1) is 6.24. The minimum absolute atomic E-state index is 0.00649. The van der Waals surface area contributed by atoms with Crippen LogP contribution in [0.4, 0.5) is 0 Å². The summed E-state index contributed by atoms with van der Waals surface area (Å²) in [5.74, 6) is 0.433. The van der Waals surface area contributed by atoms with Crippen LogP contribution in [0.1, 0.15) is 52.4 Å². The second-order valence-corrected chi connectivity index (χ2v) is 4.06. The van der Waals surface area contributed by atoms with E-state index in [1.165, 1.54) is 25.7 Å². The predicted octanol–water partition coefficient (Wildman–Crippen LogP) is 2.91. The first-order valence-electron chi connectivity index (χ1n) is 5.43. The van der Waals surface area contributed by atoms with Gasteiger partial charge in [-0.2, -0.15) is 0 Å². The Morgan fingerprint density at radius 1 is 1.38 bits per heavy atom. The standard InChI is InChI=1S/C11H20O2/c1-3-4-5-6-7-10-9(2)8-11(12)13-10/h9-10H,3-8H2,1-2H3. The Labute approximate surface area is 80.7 Å². The molecule has 2 heteroatoms. The molecule has 1 fully saturated rings. The van der Waals surface area contributed by atoms with Crippen molar-refractivity contribution in [2.45, 2.75) is 58.5 Å². The number of carbonyl (C=O) groups excluding carboxylic acids is 1. The van der Waals surface area contributed by atoms with Gasteiger partial charge in [-0.05, 0) is 12.8 Å². The first kappa shape index (κ1) is 10.6. The second-order valence-electron chi connectivity index (χ2n) is 4.06. The van der Waals surface area contributed by atoms with E-state index in [0.717, 1.165) is 6.42 Å². The van der Waals surface area contributed by atoms with E-state index in [0.29, 0.717) is 12.3 Å². The van der Waals surface area contributed by atoms with Gasteiger partial charge in [-0.3, -0.25) is 4.79 Å². The molecule has 0 spiro atoms. The molecule has 1 aliphatic rings. The van der Waals surface area contributed by atoms with Crippen molar-refractivity contribution < 1.29 is 9.53 Å². The molecule has 0 aromatic heterocycles. The fourth-order valence-corrected chi connectivity index (χ4v) is 1.84. The molecule has 0 aromatic carbocycles. The van der Waals surface area contributed by atoms with Crippen molar-refractivity contribution in [2.75, 3.05) is 0 Å². The van der Waals surface area contributed by atoms with Crippen LogP contribution in [0.3, 0.4) is 0 Å². The van der Waals surface area contributed by atoms with Gasteiger partial charge >= 0.3 is 5.97 Å². The van der Waals surface area contributed by atoms with Crippen molar-refractivity contribution in [3.8, 4) is 0 Å². The summed E-state index contributed by atoms with van der Waals surface area (Å²) < 4.78 is 5.21. The molecule has 0 aromatic rings. The smallest absolute Gasteiger partial charge is 0.306 e. The molecule has 0 aliphatic carbocycles.